The average molecular weight is 286 g/mol. The number of carbonyl (C=O) groups is 1. The number of methoxy groups -OCH3 is 1. The van der Waals surface area contributed by atoms with Crippen LogP contribution in [0.4, 0.5) is 5.69 Å². The summed E-state index contributed by atoms with van der Waals surface area (Å²) >= 11 is 0. The maximum absolute atomic E-state index is 12.1. The Morgan fingerprint density at radius 2 is 2.05 bits per heavy atom. The predicted octanol–water partition coefficient (Wildman–Crippen LogP) is 0.394. The highest BCUT2D eigenvalue weighted by atomic mass is 32.2. The molecule has 0 saturated carbocycles. The number of benzene rings is 1. The second kappa shape index (κ2) is 5.92. The Morgan fingerprint density at radius 3 is 2.58 bits per heavy atom. The van der Waals surface area contributed by atoms with Crippen LogP contribution in [0.1, 0.15) is 10.4 Å². The molecule has 0 spiro atoms. The van der Waals surface area contributed by atoms with Crippen LogP contribution in [0.3, 0.4) is 0 Å². The maximum Gasteiger partial charge on any atom is 0.253 e. The Bertz CT molecular complexity index is 569. The number of rotatable bonds is 5. The van der Waals surface area contributed by atoms with Crippen molar-refractivity contribution in [1.82, 2.24) is 4.90 Å². The first kappa shape index (κ1) is 15.3. The van der Waals surface area contributed by atoms with Gasteiger partial charge in [-0.1, -0.05) is 0 Å². The van der Waals surface area contributed by atoms with Gasteiger partial charge in [-0.05, 0) is 18.2 Å². The third-order valence-electron chi connectivity index (χ3n) is 2.62. The monoisotopic (exact) mass is 286 g/mol. The van der Waals surface area contributed by atoms with Crippen molar-refractivity contribution in [2.45, 2.75) is 0 Å². The van der Waals surface area contributed by atoms with Crippen molar-refractivity contribution >= 4 is 21.4 Å². The summed E-state index contributed by atoms with van der Waals surface area (Å²) in [6.45, 7) is 0.143. The van der Waals surface area contributed by atoms with Crippen LogP contribution in [0.2, 0.25) is 0 Å². The van der Waals surface area contributed by atoms with Gasteiger partial charge in [0.15, 0.2) is 0 Å². The summed E-state index contributed by atoms with van der Waals surface area (Å²) in [6.07, 6.45) is 1.14. The normalized spacial score (nSPS) is 11.1. The van der Waals surface area contributed by atoms with Gasteiger partial charge in [-0.3, -0.25) is 4.79 Å². The highest BCUT2D eigenvalue weighted by Gasteiger charge is 2.15. The SMILES string of the molecule is COc1cc(C(=O)N(C)CCS(C)(=O)=O)ccc1N. The number of amides is 1. The molecule has 106 valence electrons. The first-order chi connectivity index (χ1) is 8.74. The molecule has 0 aliphatic rings. The zero-order chi connectivity index (χ0) is 14.6. The number of hydrogen-bond acceptors (Lipinski definition) is 5. The lowest BCUT2D eigenvalue weighted by Crippen LogP contribution is -2.31. The highest BCUT2D eigenvalue weighted by Crippen LogP contribution is 2.22. The minimum atomic E-state index is -3.09. The molecule has 0 aliphatic carbocycles. The van der Waals surface area contributed by atoms with E-state index < -0.39 is 9.84 Å². The lowest BCUT2D eigenvalue weighted by molar-refractivity contribution is 0.0803. The number of nitrogen functional groups attached to an aromatic ring is 1. The Balaban J connectivity index is 2.82. The zero-order valence-electron chi connectivity index (χ0n) is 11.2. The van der Waals surface area contributed by atoms with E-state index in [0.717, 1.165) is 6.26 Å². The second-order valence-electron chi connectivity index (χ2n) is 4.31. The van der Waals surface area contributed by atoms with Crippen molar-refractivity contribution in [3.8, 4) is 5.75 Å². The molecular formula is C12H18N2O4S. The fourth-order valence-corrected chi connectivity index (χ4v) is 2.07. The van der Waals surface area contributed by atoms with E-state index in [4.69, 9.17) is 10.5 Å². The number of nitrogens with two attached hydrogens (primary N) is 1. The summed E-state index contributed by atoms with van der Waals surface area (Å²) < 4.78 is 27.2. The largest absolute Gasteiger partial charge is 0.495 e. The van der Waals surface area contributed by atoms with Crippen LogP contribution in [0.25, 0.3) is 0 Å². The van der Waals surface area contributed by atoms with Gasteiger partial charge in [0.2, 0.25) is 0 Å². The standard InChI is InChI=1S/C12H18N2O4S/c1-14(6-7-19(3,16)17)12(15)9-4-5-10(13)11(8-9)18-2/h4-5,8H,6-7,13H2,1-3H3. The number of sulfone groups is 1. The van der Waals surface area contributed by atoms with E-state index in [2.05, 4.69) is 0 Å². The fraction of sp³-hybridized carbons (Fsp3) is 0.417. The first-order valence-electron chi connectivity index (χ1n) is 5.61. The van der Waals surface area contributed by atoms with Crippen molar-refractivity contribution in [2.24, 2.45) is 0 Å². The zero-order valence-corrected chi connectivity index (χ0v) is 12.0. The van der Waals surface area contributed by atoms with Crippen LogP contribution in [0.15, 0.2) is 18.2 Å². The molecule has 0 saturated heterocycles. The van der Waals surface area contributed by atoms with Crippen LogP contribution < -0.4 is 10.5 Å². The van der Waals surface area contributed by atoms with Crippen molar-refractivity contribution in [3.63, 3.8) is 0 Å². The lowest BCUT2D eigenvalue weighted by atomic mass is 10.1. The van der Waals surface area contributed by atoms with E-state index in [1.54, 1.807) is 19.2 Å². The van der Waals surface area contributed by atoms with Crippen LogP contribution in [0.5, 0.6) is 5.75 Å². The van der Waals surface area contributed by atoms with Gasteiger partial charge < -0.3 is 15.4 Å². The fourth-order valence-electron chi connectivity index (χ4n) is 1.47. The van der Waals surface area contributed by atoms with E-state index in [-0.39, 0.29) is 18.2 Å². The molecule has 1 aromatic carbocycles. The van der Waals surface area contributed by atoms with Gasteiger partial charge in [-0.25, -0.2) is 8.42 Å². The third kappa shape index (κ3) is 4.44. The molecule has 0 radical (unpaired) electrons. The molecule has 2 N–H and O–H groups in total. The third-order valence-corrected chi connectivity index (χ3v) is 3.55. The molecule has 0 aromatic heterocycles. The average Bonchev–Trinajstić information content (AvgIpc) is 2.34. The van der Waals surface area contributed by atoms with Gasteiger partial charge in [-0.2, -0.15) is 0 Å². The van der Waals surface area contributed by atoms with Gasteiger partial charge in [-0.15, -0.1) is 0 Å². The predicted molar refractivity (Wildman–Crippen MR) is 74.1 cm³/mol. The van der Waals surface area contributed by atoms with Crippen LogP contribution in [0, 0.1) is 0 Å². The summed E-state index contributed by atoms with van der Waals surface area (Å²) in [5, 5.41) is 0. The van der Waals surface area contributed by atoms with Crippen LogP contribution >= 0.6 is 0 Å². The first-order valence-corrected chi connectivity index (χ1v) is 7.67. The molecular weight excluding hydrogens is 268 g/mol. The van der Waals surface area contributed by atoms with Crippen molar-refractivity contribution in [3.05, 3.63) is 23.8 Å². The van der Waals surface area contributed by atoms with Crippen molar-refractivity contribution in [2.75, 3.05) is 38.4 Å². The Labute approximate surface area is 113 Å². The maximum atomic E-state index is 12.1. The molecule has 6 nitrogen and oxygen atoms in total. The van der Waals surface area contributed by atoms with Gasteiger partial charge >= 0.3 is 0 Å². The summed E-state index contributed by atoms with van der Waals surface area (Å²) in [6, 6.07) is 4.70. The number of ether oxygens (including phenoxy) is 1. The summed E-state index contributed by atoms with van der Waals surface area (Å²) in [5.41, 5.74) is 6.51. The van der Waals surface area contributed by atoms with Crippen molar-refractivity contribution in [1.29, 1.82) is 0 Å². The quantitative estimate of drug-likeness (QED) is 0.791. The molecule has 0 heterocycles. The molecule has 7 heteroatoms. The van der Waals surface area contributed by atoms with Crippen LogP contribution in [-0.4, -0.2) is 51.9 Å². The molecule has 1 aromatic rings. The number of nitrogens with zero attached hydrogens (tertiary/aromatic N) is 1. The number of anilines is 1. The minimum absolute atomic E-state index is 0.0681. The molecule has 0 fully saturated rings. The van der Waals surface area contributed by atoms with Crippen LogP contribution in [-0.2, 0) is 9.84 Å². The number of hydrogen-bond donors (Lipinski definition) is 1. The Hall–Kier alpha value is -1.76. The summed E-state index contributed by atoms with van der Waals surface area (Å²) in [7, 11) is -0.0755. The molecule has 19 heavy (non-hydrogen) atoms. The lowest BCUT2D eigenvalue weighted by Gasteiger charge is -2.17. The molecule has 1 amide bonds. The molecule has 0 atom stereocenters. The Kier molecular flexibility index (Phi) is 4.77. The van der Waals surface area contributed by atoms with Gasteiger partial charge in [0.1, 0.15) is 15.6 Å². The van der Waals surface area contributed by atoms with Crippen molar-refractivity contribution < 1.29 is 17.9 Å². The van der Waals surface area contributed by atoms with Gasteiger partial charge in [0, 0.05) is 25.4 Å². The topological polar surface area (TPSA) is 89.7 Å². The highest BCUT2D eigenvalue weighted by molar-refractivity contribution is 7.90. The van der Waals surface area contributed by atoms with Gasteiger partial charge in [0.25, 0.3) is 5.91 Å². The Morgan fingerprint density at radius 1 is 1.42 bits per heavy atom. The minimum Gasteiger partial charge on any atom is -0.495 e. The molecule has 0 aliphatic heterocycles. The van der Waals surface area contributed by atoms with E-state index in [0.29, 0.717) is 17.0 Å². The van der Waals surface area contributed by atoms with E-state index in [1.165, 1.54) is 18.1 Å². The van der Waals surface area contributed by atoms with Gasteiger partial charge in [0.05, 0.1) is 18.6 Å². The second-order valence-corrected chi connectivity index (χ2v) is 6.57. The molecule has 0 unspecified atom stereocenters. The van der Waals surface area contributed by atoms with E-state index >= 15 is 0 Å². The molecule has 0 bridgehead atoms. The summed E-state index contributed by atoms with van der Waals surface area (Å²) in [4.78, 5) is 13.4. The number of carbonyl (C=O) groups excluding carboxylic acids is 1. The smallest absolute Gasteiger partial charge is 0.253 e. The van der Waals surface area contributed by atoms with E-state index in [9.17, 15) is 13.2 Å². The molecule has 1 rings (SSSR count). The van der Waals surface area contributed by atoms with E-state index in [1.807, 2.05) is 0 Å². The summed E-state index contributed by atoms with van der Waals surface area (Å²) in [5.74, 6) is 0.0748.